The third-order valence-electron chi connectivity index (χ3n) is 3.55. The molecule has 1 N–H and O–H groups in total. The van der Waals surface area contributed by atoms with Crippen LogP contribution in [-0.2, 0) is 4.74 Å². The standard InChI is InChI=1S/C16H23NO3/c1-16(2,3)20-15(19)17-9-13(11-18)14(10-17)12-7-5-4-6-8-12/h4-8,13-14,18H,9-11H2,1-3H3/t13-,14?/m0/s1. The van der Waals surface area contributed by atoms with E-state index in [0.29, 0.717) is 13.1 Å². The van der Waals surface area contributed by atoms with Crippen LogP contribution < -0.4 is 0 Å². The molecule has 1 aromatic rings. The van der Waals surface area contributed by atoms with Gasteiger partial charge in [0.05, 0.1) is 0 Å². The number of likely N-dealkylation sites (tertiary alicyclic amines) is 1. The van der Waals surface area contributed by atoms with Gasteiger partial charge in [-0.15, -0.1) is 0 Å². The second-order valence-electron chi connectivity index (χ2n) is 6.35. The van der Waals surface area contributed by atoms with Crippen LogP contribution in [0.15, 0.2) is 30.3 Å². The molecular weight excluding hydrogens is 254 g/mol. The summed E-state index contributed by atoms with van der Waals surface area (Å²) in [5, 5.41) is 9.55. The van der Waals surface area contributed by atoms with E-state index in [2.05, 4.69) is 0 Å². The molecule has 2 rings (SSSR count). The zero-order valence-corrected chi connectivity index (χ0v) is 12.4. The lowest BCUT2D eigenvalue weighted by Gasteiger charge is -2.24. The van der Waals surface area contributed by atoms with Gasteiger partial charge in [-0.2, -0.15) is 0 Å². The van der Waals surface area contributed by atoms with Crippen LogP contribution in [0.1, 0.15) is 32.3 Å². The maximum Gasteiger partial charge on any atom is 0.410 e. The molecule has 1 fully saturated rings. The van der Waals surface area contributed by atoms with Gasteiger partial charge >= 0.3 is 6.09 Å². The highest BCUT2D eigenvalue weighted by Gasteiger charge is 2.37. The molecule has 20 heavy (non-hydrogen) atoms. The van der Waals surface area contributed by atoms with E-state index in [1.54, 1.807) is 4.90 Å². The van der Waals surface area contributed by atoms with Crippen LogP contribution in [0.3, 0.4) is 0 Å². The van der Waals surface area contributed by atoms with Gasteiger partial charge in [0, 0.05) is 31.5 Å². The Morgan fingerprint density at radius 1 is 1.30 bits per heavy atom. The van der Waals surface area contributed by atoms with Crippen LogP contribution in [0.2, 0.25) is 0 Å². The Hall–Kier alpha value is -1.55. The predicted octanol–water partition coefficient (Wildman–Crippen LogP) is 2.63. The Bertz CT molecular complexity index is 453. The number of benzene rings is 1. The maximum absolute atomic E-state index is 12.1. The zero-order chi connectivity index (χ0) is 14.8. The van der Waals surface area contributed by atoms with E-state index in [1.807, 2.05) is 51.1 Å². The lowest BCUT2D eigenvalue weighted by molar-refractivity contribution is 0.0283. The number of nitrogens with zero attached hydrogens (tertiary/aromatic N) is 1. The van der Waals surface area contributed by atoms with Crippen molar-refractivity contribution in [3.05, 3.63) is 35.9 Å². The van der Waals surface area contributed by atoms with Gasteiger partial charge in [-0.3, -0.25) is 0 Å². The molecule has 0 bridgehead atoms. The fourth-order valence-corrected chi connectivity index (χ4v) is 2.61. The lowest BCUT2D eigenvalue weighted by Crippen LogP contribution is -2.35. The molecule has 1 amide bonds. The average Bonchev–Trinajstić information content (AvgIpc) is 2.82. The fourth-order valence-electron chi connectivity index (χ4n) is 2.61. The molecule has 0 radical (unpaired) electrons. The highest BCUT2D eigenvalue weighted by atomic mass is 16.6. The first-order valence-electron chi connectivity index (χ1n) is 7.04. The molecule has 110 valence electrons. The van der Waals surface area contributed by atoms with Crippen molar-refractivity contribution in [3.8, 4) is 0 Å². The summed E-state index contributed by atoms with van der Waals surface area (Å²) in [4.78, 5) is 13.8. The minimum atomic E-state index is -0.489. The number of hydrogen-bond acceptors (Lipinski definition) is 3. The molecule has 1 aliphatic heterocycles. The molecule has 1 saturated heterocycles. The van der Waals surface area contributed by atoms with Crippen LogP contribution in [0.5, 0.6) is 0 Å². The molecule has 1 heterocycles. The quantitative estimate of drug-likeness (QED) is 0.904. The molecule has 0 aliphatic carbocycles. The van der Waals surface area contributed by atoms with Gasteiger partial charge in [0.1, 0.15) is 5.60 Å². The molecule has 4 heteroatoms. The van der Waals surface area contributed by atoms with Crippen molar-refractivity contribution in [2.75, 3.05) is 19.7 Å². The number of hydrogen-bond donors (Lipinski definition) is 1. The number of aliphatic hydroxyl groups excluding tert-OH is 1. The Kier molecular flexibility index (Phi) is 4.33. The van der Waals surface area contributed by atoms with Crippen molar-refractivity contribution < 1.29 is 14.6 Å². The smallest absolute Gasteiger partial charge is 0.410 e. The van der Waals surface area contributed by atoms with Crippen molar-refractivity contribution in [2.45, 2.75) is 32.3 Å². The monoisotopic (exact) mass is 277 g/mol. The molecule has 1 aromatic carbocycles. The highest BCUT2D eigenvalue weighted by Crippen LogP contribution is 2.33. The fraction of sp³-hybridized carbons (Fsp3) is 0.562. The molecule has 1 aliphatic rings. The van der Waals surface area contributed by atoms with Crippen molar-refractivity contribution in [1.82, 2.24) is 4.90 Å². The van der Waals surface area contributed by atoms with Gasteiger partial charge in [0.25, 0.3) is 0 Å². The van der Waals surface area contributed by atoms with Crippen molar-refractivity contribution >= 4 is 6.09 Å². The molecule has 0 aromatic heterocycles. The third kappa shape index (κ3) is 3.51. The summed E-state index contributed by atoms with van der Waals surface area (Å²) in [6, 6.07) is 10.0. The van der Waals surface area contributed by atoms with Crippen LogP contribution in [0.25, 0.3) is 0 Å². The number of amides is 1. The highest BCUT2D eigenvalue weighted by molar-refractivity contribution is 5.68. The molecule has 0 saturated carbocycles. The van der Waals surface area contributed by atoms with Crippen LogP contribution in [0, 0.1) is 5.92 Å². The van der Waals surface area contributed by atoms with E-state index in [9.17, 15) is 9.90 Å². The maximum atomic E-state index is 12.1. The normalized spacial score (nSPS) is 22.9. The SMILES string of the molecule is CC(C)(C)OC(=O)N1CC(c2ccccc2)[C@H](CO)C1. The van der Waals surface area contributed by atoms with E-state index >= 15 is 0 Å². The number of aliphatic hydroxyl groups is 1. The van der Waals surface area contributed by atoms with Crippen LogP contribution in [-0.4, -0.2) is 41.4 Å². The number of rotatable bonds is 2. The number of ether oxygens (including phenoxy) is 1. The second-order valence-corrected chi connectivity index (χ2v) is 6.35. The first-order chi connectivity index (χ1) is 9.40. The van der Waals surface area contributed by atoms with Gasteiger partial charge in [-0.1, -0.05) is 30.3 Å². The van der Waals surface area contributed by atoms with Gasteiger partial charge in [-0.25, -0.2) is 4.79 Å². The van der Waals surface area contributed by atoms with Crippen molar-refractivity contribution in [1.29, 1.82) is 0 Å². The van der Waals surface area contributed by atoms with Crippen LogP contribution in [0.4, 0.5) is 4.79 Å². The summed E-state index contributed by atoms with van der Waals surface area (Å²) in [6.45, 7) is 6.81. The summed E-state index contributed by atoms with van der Waals surface area (Å²) >= 11 is 0. The number of carbonyl (C=O) groups excluding carboxylic acids is 1. The molecule has 2 atom stereocenters. The summed E-state index contributed by atoms with van der Waals surface area (Å²) < 4.78 is 5.40. The number of carbonyl (C=O) groups is 1. The van der Waals surface area contributed by atoms with Gasteiger partial charge in [0.2, 0.25) is 0 Å². The van der Waals surface area contributed by atoms with Gasteiger partial charge in [-0.05, 0) is 26.3 Å². The predicted molar refractivity (Wildman–Crippen MR) is 77.6 cm³/mol. The van der Waals surface area contributed by atoms with E-state index in [0.717, 1.165) is 5.56 Å². The minimum absolute atomic E-state index is 0.0740. The van der Waals surface area contributed by atoms with E-state index in [1.165, 1.54) is 0 Å². The topological polar surface area (TPSA) is 49.8 Å². The first kappa shape index (κ1) is 14.9. The van der Waals surface area contributed by atoms with Crippen molar-refractivity contribution in [3.63, 3.8) is 0 Å². The summed E-state index contributed by atoms with van der Waals surface area (Å²) in [6.07, 6.45) is -0.297. The minimum Gasteiger partial charge on any atom is -0.444 e. The van der Waals surface area contributed by atoms with Gasteiger partial charge in [0.15, 0.2) is 0 Å². The summed E-state index contributed by atoms with van der Waals surface area (Å²) in [7, 11) is 0. The lowest BCUT2D eigenvalue weighted by atomic mass is 9.90. The Morgan fingerprint density at radius 3 is 2.50 bits per heavy atom. The van der Waals surface area contributed by atoms with Crippen LogP contribution >= 0.6 is 0 Å². The average molecular weight is 277 g/mol. The second kappa shape index (κ2) is 5.83. The Morgan fingerprint density at radius 2 is 1.95 bits per heavy atom. The summed E-state index contributed by atoms with van der Waals surface area (Å²) in [5.74, 6) is 0.249. The largest absolute Gasteiger partial charge is 0.444 e. The zero-order valence-electron chi connectivity index (χ0n) is 12.4. The first-order valence-corrected chi connectivity index (χ1v) is 7.04. The molecule has 0 spiro atoms. The molecular formula is C16H23NO3. The van der Waals surface area contributed by atoms with E-state index in [4.69, 9.17) is 4.74 Å². The molecule has 4 nitrogen and oxygen atoms in total. The van der Waals surface area contributed by atoms with E-state index < -0.39 is 5.60 Å². The Labute approximate surface area is 120 Å². The molecule has 1 unspecified atom stereocenters. The third-order valence-corrected chi connectivity index (χ3v) is 3.55. The van der Waals surface area contributed by atoms with Crippen molar-refractivity contribution in [2.24, 2.45) is 5.92 Å². The van der Waals surface area contributed by atoms with Gasteiger partial charge < -0.3 is 14.7 Å². The summed E-state index contributed by atoms with van der Waals surface area (Å²) in [5.41, 5.74) is 0.675. The Balaban J connectivity index is 2.08. The van der Waals surface area contributed by atoms with E-state index in [-0.39, 0.29) is 24.5 Å².